The van der Waals surface area contributed by atoms with Gasteiger partial charge in [0, 0.05) is 5.56 Å². The molecule has 0 heterocycles. The van der Waals surface area contributed by atoms with Crippen LogP contribution < -0.4 is 5.43 Å². The molecule has 0 aliphatic heterocycles. The number of alkyl halides is 6. The van der Waals surface area contributed by atoms with E-state index in [-0.39, 0.29) is 6.07 Å². The minimum atomic E-state index is -4.94. The van der Waals surface area contributed by atoms with E-state index in [1.165, 1.54) is 0 Å². The van der Waals surface area contributed by atoms with Gasteiger partial charge in [-0.2, -0.15) is 31.4 Å². The molecule has 24 heavy (non-hydrogen) atoms. The van der Waals surface area contributed by atoms with Crippen LogP contribution in [0.25, 0.3) is 0 Å². The third-order valence-electron chi connectivity index (χ3n) is 2.88. The number of hydrazone groups is 1. The number of hydrogen-bond donors (Lipinski definition) is 1. The molecule has 0 fully saturated rings. The van der Waals surface area contributed by atoms with Crippen LogP contribution in [0.4, 0.5) is 32.0 Å². The van der Waals surface area contributed by atoms with Gasteiger partial charge in [0.05, 0.1) is 16.8 Å². The van der Waals surface area contributed by atoms with E-state index in [2.05, 4.69) is 10.5 Å². The third kappa shape index (κ3) is 4.64. The maximum atomic E-state index is 12.8. The lowest BCUT2D eigenvalue weighted by Crippen LogP contribution is -2.13. The first kappa shape index (κ1) is 18.1. The highest BCUT2D eigenvalue weighted by Gasteiger charge is 2.37. The predicted octanol–water partition coefficient (Wildman–Crippen LogP) is 5.74. The Morgan fingerprint density at radius 1 is 0.833 bits per heavy atom. The summed E-state index contributed by atoms with van der Waals surface area (Å²) < 4.78 is 76.7. The standard InChI is InChI=1S/C15H9ClF6N2/c16-13(24-23-12-4-2-1-3-5-12)9-6-10(14(17,18)19)8-11(7-9)15(20,21)22/h1-8,23H. The normalized spacial score (nSPS) is 13.0. The van der Waals surface area contributed by atoms with Gasteiger partial charge < -0.3 is 0 Å². The first-order chi connectivity index (χ1) is 11.1. The highest BCUT2D eigenvalue weighted by atomic mass is 35.5. The highest BCUT2D eigenvalue weighted by Crippen LogP contribution is 2.36. The molecule has 0 unspecified atom stereocenters. The summed E-state index contributed by atoms with van der Waals surface area (Å²) in [5.41, 5.74) is -0.490. The summed E-state index contributed by atoms with van der Waals surface area (Å²) in [7, 11) is 0. The Morgan fingerprint density at radius 2 is 1.33 bits per heavy atom. The zero-order chi connectivity index (χ0) is 18.0. The summed E-state index contributed by atoms with van der Waals surface area (Å²) >= 11 is 5.75. The number of anilines is 1. The minimum absolute atomic E-state index is 0.0261. The predicted molar refractivity (Wildman–Crippen MR) is 78.9 cm³/mol. The molecule has 1 N–H and O–H groups in total. The van der Waals surface area contributed by atoms with Crippen LogP contribution in [-0.4, -0.2) is 5.17 Å². The van der Waals surface area contributed by atoms with Gasteiger partial charge in [-0.05, 0) is 30.3 Å². The highest BCUT2D eigenvalue weighted by molar-refractivity contribution is 6.69. The molecule has 9 heteroatoms. The van der Waals surface area contributed by atoms with Crippen LogP contribution >= 0.6 is 11.6 Å². The van der Waals surface area contributed by atoms with Crippen LogP contribution in [0.5, 0.6) is 0 Å². The summed E-state index contributed by atoms with van der Waals surface area (Å²) in [4.78, 5) is 0. The van der Waals surface area contributed by atoms with Crippen LogP contribution in [0.3, 0.4) is 0 Å². The van der Waals surface area contributed by atoms with Gasteiger partial charge in [-0.3, -0.25) is 5.43 Å². The van der Waals surface area contributed by atoms with Gasteiger partial charge in [0.2, 0.25) is 0 Å². The van der Waals surface area contributed by atoms with E-state index in [1.807, 2.05) is 0 Å². The quantitative estimate of drug-likeness (QED) is 0.418. The van der Waals surface area contributed by atoms with Gasteiger partial charge in [-0.25, -0.2) is 0 Å². The first-order valence-electron chi connectivity index (χ1n) is 6.41. The molecule has 2 aromatic carbocycles. The van der Waals surface area contributed by atoms with Crippen LogP contribution in [-0.2, 0) is 12.4 Å². The van der Waals surface area contributed by atoms with E-state index >= 15 is 0 Å². The molecule has 0 aromatic heterocycles. The largest absolute Gasteiger partial charge is 0.416 e. The molecule has 2 aromatic rings. The van der Waals surface area contributed by atoms with Crippen molar-refractivity contribution in [2.45, 2.75) is 12.4 Å². The lowest BCUT2D eigenvalue weighted by atomic mass is 10.1. The average Bonchev–Trinajstić information content (AvgIpc) is 2.51. The lowest BCUT2D eigenvalue weighted by Gasteiger charge is -2.13. The summed E-state index contributed by atoms with van der Waals surface area (Å²) in [6.45, 7) is 0. The molecule has 0 saturated heterocycles. The fourth-order valence-corrected chi connectivity index (χ4v) is 1.92. The van der Waals surface area contributed by atoms with Crippen LogP contribution in [0, 0.1) is 0 Å². The van der Waals surface area contributed by atoms with E-state index in [0.29, 0.717) is 17.8 Å². The molecular weight excluding hydrogens is 358 g/mol. The molecule has 0 aliphatic carbocycles. The van der Waals surface area contributed by atoms with Gasteiger partial charge >= 0.3 is 12.4 Å². The van der Waals surface area contributed by atoms with Crippen molar-refractivity contribution in [3.8, 4) is 0 Å². The minimum Gasteiger partial charge on any atom is -0.277 e. The number of halogens is 7. The fourth-order valence-electron chi connectivity index (χ4n) is 1.76. The monoisotopic (exact) mass is 366 g/mol. The van der Waals surface area contributed by atoms with Gasteiger partial charge in [0.25, 0.3) is 0 Å². The van der Waals surface area contributed by atoms with Crippen LogP contribution in [0.2, 0.25) is 0 Å². The SMILES string of the molecule is FC(F)(F)c1cc(C(Cl)=NNc2ccccc2)cc(C(F)(F)F)c1. The molecule has 0 bridgehead atoms. The number of hydrogen-bond acceptors (Lipinski definition) is 2. The van der Waals surface area contributed by atoms with Crippen molar-refractivity contribution in [2.75, 3.05) is 5.43 Å². The number of nitrogens with zero attached hydrogens (tertiary/aromatic N) is 1. The summed E-state index contributed by atoms with van der Waals surface area (Å²) in [5, 5.41) is 3.08. The molecule has 128 valence electrons. The Morgan fingerprint density at radius 3 is 1.79 bits per heavy atom. The van der Waals surface area contributed by atoms with Crippen molar-refractivity contribution in [3.63, 3.8) is 0 Å². The Labute approximate surface area is 137 Å². The van der Waals surface area contributed by atoms with Crippen molar-refractivity contribution in [1.82, 2.24) is 0 Å². The van der Waals surface area contributed by atoms with E-state index in [0.717, 1.165) is 0 Å². The Bertz CT molecular complexity index is 706. The first-order valence-corrected chi connectivity index (χ1v) is 6.79. The second-order valence-electron chi connectivity index (χ2n) is 4.67. The van der Waals surface area contributed by atoms with E-state index in [9.17, 15) is 26.3 Å². The molecule has 2 rings (SSSR count). The molecule has 0 spiro atoms. The van der Waals surface area contributed by atoms with Crippen molar-refractivity contribution in [3.05, 3.63) is 65.2 Å². The second-order valence-corrected chi connectivity index (χ2v) is 5.03. The van der Waals surface area contributed by atoms with Crippen molar-refractivity contribution in [1.29, 1.82) is 0 Å². The lowest BCUT2D eigenvalue weighted by molar-refractivity contribution is -0.143. The summed E-state index contributed by atoms with van der Waals surface area (Å²) in [6.07, 6.45) is -9.89. The van der Waals surface area contributed by atoms with Gasteiger partial charge in [0.15, 0.2) is 5.17 Å². The fraction of sp³-hybridized carbons (Fsp3) is 0.133. The molecule has 0 aliphatic rings. The molecule has 0 atom stereocenters. The van der Waals surface area contributed by atoms with Crippen molar-refractivity contribution < 1.29 is 26.3 Å². The molecule has 0 saturated carbocycles. The topological polar surface area (TPSA) is 24.4 Å². The van der Waals surface area contributed by atoms with Gasteiger partial charge in [-0.15, -0.1) is 0 Å². The smallest absolute Gasteiger partial charge is 0.277 e. The van der Waals surface area contributed by atoms with Crippen molar-refractivity contribution >= 4 is 22.5 Å². The molecular formula is C15H9ClF6N2. The Hall–Kier alpha value is -2.22. The van der Waals surface area contributed by atoms with Gasteiger partial charge in [0.1, 0.15) is 0 Å². The maximum Gasteiger partial charge on any atom is 0.416 e. The number of benzene rings is 2. The van der Waals surface area contributed by atoms with Crippen molar-refractivity contribution in [2.24, 2.45) is 5.10 Å². The molecule has 2 nitrogen and oxygen atoms in total. The number of nitrogens with one attached hydrogen (secondary N) is 1. The molecule has 0 radical (unpaired) electrons. The van der Waals surface area contributed by atoms with E-state index < -0.39 is 34.2 Å². The third-order valence-corrected chi connectivity index (χ3v) is 3.19. The van der Waals surface area contributed by atoms with E-state index in [4.69, 9.17) is 11.6 Å². The Balaban J connectivity index is 2.41. The summed E-state index contributed by atoms with van der Waals surface area (Å²) in [6, 6.07) is 9.29. The average molecular weight is 367 g/mol. The molecule has 0 amide bonds. The zero-order valence-electron chi connectivity index (χ0n) is 11.7. The van der Waals surface area contributed by atoms with Crippen LogP contribution in [0.1, 0.15) is 16.7 Å². The number of para-hydroxylation sites is 1. The summed E-state index contributed by atoms with van der Waals surface area (Å²) in [5.74, 6) is 0. The second kappa shape index (κ2) is 6.72. The Kier molecular flexibility index (Phi) is 5.08. The zero-order valence-corrected chi connectivity index (χ0v) is 12.5. The maximum absolute atomic E-state index is 12.8. The van der Waals surface area contributed by atoms with Crippen LogP contribution in [0.15, 0.2) is 53.6 Å². The van der Waals surface area contributed by atoms with Gasteiger partial charge in [-0.1, -0.05) is 29.8 Å². The number of rotatable bonds is 3. The van der Waals surface area contributed by atoms with E-state index in [1.54, 1.807) is 30.3 Å².